The van der Waals surface area contributed by atoms with Crippen molar-refractivity contribution in [1.82, 2.24) is 15.3 Å². The third-order valence-electron chi connectivity index (χ3n) is 7.82. The molecule has 7 heteroatoms. The summed E-state index contributed by atoms with van der Waals surface area (Å²) in [4.78, 5) is 22.5. The molecule has 1 N–H and O–H groups in total. The number of nitrogens with one attached hydrogen (secondary N) is 1. The summed E-state index contributed by atoms with van der Waals surface area (Å²) < 4.78 is 15.4. The first-order valence-electron chi connectivity index (χ1n) is 13.6. The van der Waals surface area contributed by atoms with Crippen molar-refractivity contribution in [2.45, 2.75) is 72.3 Å². The van der Waals surface area contributed by atoms with Crippen LogP contribution < -0.4 is 10.3 Å². The van der Waals surface area contributed by atoms with E-state index in [0.29, 0.717) is 23.0 Å². The molecule has 1 amide bonds. The molecule has 36 heavy (non-hydrogen) atoms. The molecule has 1 aromatic carbocycles. The van der Waals surface area contributed by atoms with E-state index in [-0.39, 0.29) is 17.8 Å². The fourth-order valence-electron chi connectivity index (χ4n) is 5.64. The van der Waals surface area contributed by atoms with Crippen LogP contribution in [0.5, 0.6) is 0 Å². The van der Waals surface area contributed by atoms with Crippen LogP contribution in [0, 0.1) is 11.7 Å². The van der Waals surface area contributed by atoms with Gasteiger partial charge in [0, 0.05) is 53.9 Å². The summed E-state index contributed by atoms with van der Waals surface area (Å²) >= 11 is 0. The van der Waals surface area contributed by atoms with Gasteiger partial charge in [-0.25, -0.2) is 14.4 Å². The number of aliphatic imine (C=N–C) groups is 1. The van der Waals surface area contributed by atoms with Crippen molar-refractivity contribution >= 4 is 22.9 Å². The fourth-order valence-corrected chi connectivity index (χ4v) is 5.64. The highest BCUT2D eigenvalue weighted by Gasteiger charge is 2.32. The summed E-state index contributed by atoms with van der Waals surface area (Å²) in [6.45, 7) is 11.2. The lowest BCUT2D eigenvalue weighted by Gasteiger charge is -2.39. The number of carbonyl (C=O) groups excluding carboxylic acids is 1. The zero-order chi connectivity index (χ0) is 25.4. The molecular formula is C29H38FN5O. The van der Waals surface area contributed by atoms with Crippen LogP contribution in [0.25, 0.3) is 5.57 Å². The molecule has 1 aromatic rings. The first kappa shape index (κ1) is 24.6. The van der Waals surface area contributed by atoms with Crippen molar-refractivity contribution in [3.05, 3.63) is 58.9 Å². The third kappa shape index (κ3) is 4.56. The summed E-state index contributed by atoms with van der Waals surface area (Å²) in [7, 11) is 0. The number of anilines is 1. The van der Waals surface area contributed by atoms with Crippen LogP contribution in [0.2, 0.25) is 0 Å². The molecule has 0 aromatic heterocycles. The Labute approximate surface area is 214 Å². The molecular weight excluding hydrogens is 453 g/mol. The summed E-state index contributed by atoms with van der Waals surface area (Å²) in [6, 6.07) is 5.74. The summed E-state index contributed by atoms with van der Waals surface area (Å²) in [6.07, 6.45) is 9.68. The predicted molar refractivity (Wildman–Crippen MR) is 143 cm³/mol. The molecule has 0 aliphatic carbocycles. The molecule has 0 radical (unpaired) electrons. The number of hydrazine groups is 1. The lowest BCUT2D eigenvalue weighted by molar-refractivity contribution is -0.125. The Morgan fingerprint density at radius 3 is 2.61 bits per heavy atom. The van der Waals surface area contributed by atoms with Crippen LogP contribution in [0.15, 0.2) is 52.6 Å². The van der Waals surface area contributed by atoms with E-state index in [9.17, 15) is 4.79 Å². The quantitative estimate of drug-likeness (QED) is 0.582. The minimum Gasteiger partial charge on any atom is -0.371 e. The van der Waals surface area contributed by atoms with Crippen molar-refractivity contribution < 1.29 is 9.18 Å². The predicted octanol–water partition coefficient (Wildman–Crippen LogP) is 5.60. The highest BCUT2D eigenvalue weighted by atomic mass is 19.1. The molecule has 4 aliphatic heterocycles. The van der Waals surface area contributed by atoms with E-state index >= 15 is 4.39 Å². The first-order chi connectivity index (χ1) is 17.4. The molecule has 4 heterocycles. The van der Waals surface area contributed by atoms with Gasteiger partial charge in [-0.2, -0.15) is 0 Å². The zero-order valence-corrected chi connectivity index (χ0v) is 22.0. The van der Waals surface area contributed by atoms with Gasteiger partial charge >= 0.3 is 0 Å². The molecule has 0 unspecified atom stereocenters. The third-order valence-corrected chi connectivity index (χ3v) is 7.82. The Morgan fingerprint density at radius 2 is 1.92 bits per heavy atom. The minimum absolute atomic E-state index is 0.0120. The monoisotopic (exact) mass is 491 g/mol. The maximum Gasteiger partial charge on any atom is 0.272 e. The average molecular weight is 492 g/mol. The van der Waals surface area contributed by atoms with Gasteiger partial charge in [-0.15, -0.1) is 0 Å². The van der Waals surface area contributed by atoms with Gasteiger partial charge < -0.3 is 9.80 Å². The molecule has 2 saturated heterocycles. The van der Waals surface area contributed by atoms with E-state index in [2.05, 4.69) is 38.0 Å². The minimum atomic E-state index is -0.235. The van der Waals surface area contributed by atoms with E-state index < -0.39 is 0 Å². The molecule has 6 nitrogen and oxygen atoms in total. The fraction of sp³-hybridized carbons (Fsp3) is 0.517. The van der Waals surface area contributed by atoms with Gasteiger partial charge in [0.2, 0.25) is 0 Å². The summed E-state index contributed by atoms with van der Waals surface area (Å²) in [5.74, 6) is 1.04. The van der Waals surface area contributed by atoms with Crippen molar-refractivity contribution in [2.24, 2.45) is 10.9 Å². The standard InChI is InChI=1S/C29H38FN5O/c1-5-21-15-27(29(36)34-13-9-7-8-10-20(34)4)31-28-16-24(26(6-2)32-35(21)28)23-12-11-22(14-25(23)30)33-17-19(3)18-33/h11-12,14-16,19-20,32H,5-10,13,17-18H2,1-4H3/t20-/m1/s1. The number of fused-ring (bicyclic) bond motifs is 1. The van der Waals surface area contributed by atoms with Gasteiger partial charge in [0.15, 0.2) is 5.82 Å². The molecule has 1 atom stereocenters. The molecule has 192 valence electrons. The second kappa shape index (κ2) is 10.1. The Balaban J connectivity index is 1.49. The topological polar surface area (TPSA) is 51.2 Å². The second-order valence-corrected chi connectivity index (χ2v) is 10.6. The van der Waals surface area contributed by atoms with Crippen LogP contribution in [0.3, 0.4) is 0 Å². The average Bonchev–Trinajstić information content (AvgIpc) is 3.08. The zero-order valence-electron chi connectivity index (χ0n) is 22.0. The number of benzene rings is 1. The van der Waals surface area contributed by atoms with Crippen molar-refractivity contribution in [1.29, 1.82) is 0 Å². The molecule has 5 rings (SSSR count). The van der Waals surface area contributed by atoms with Gasteiger partial charge in [0.05, 0.1) is 0 Å². The Bertz CT molecular complexity index is 1160. The summed E-state index contributed by atoms with van der Waals surface area (Å²) in [5, 5.41) is 1.94. The number of allylic oxidation sites excluding steroid dienone is 4. The smallest absolute Gasteiger partial charge is 0.272 e. The number of hydrogen-bond acceptors (Lipinski definition) is 5. The van der Waals surface area contributed by atoms with Crippen LogP contribution >= 0.6 is 0 Å². The van der Waals surface area contributed by atoms with E-state index in [4.69, 9.17) is 4.99 Å². The Kier molecular flexibility index (Phi) is 6.91. The SMILES string of the molecule is CCC1=CC(C(=O)N2CCCCC[C@H]2C)=NC2=CC(c3ccc(N4CC(C)C4)cc3F)=C(CC)NN12. The normalized spacial score (nSPS) is 22.8. The van der Waals surface area contributed by atoms with Crippen LogP contribution in [0.4, 0.5) is 10.1 Å². The Hall–Kier alpha value is -3.09. The van der Waals surface area contributed by atoms with E-state index in [0.717, 1.165) is 80.8 Å². The van der Waals surface area contributed by atoms with E-state index in [1.807, 2.05) is 34.2 Å². The maximum atomic E-state index is 15.4. The molecule has 0 spiro atoms. The summed E-state index contributed by atoms with van der Waals surface area (Å²) in [5.41, 5.74) is 8.13. The highest BCUT2D eigenvalue weighted by Crippen LogP contribution is 2.35. The molecule has 2 fully saturated rings. The second-order valence-electron chi connectivity index (χ2n) is 10.6. The van der Waals surface area contributed by atoms with Gasteiger partial charge in [0.25, 0.3) is 5.91 Å². The number of rotatable bonds is 5. The van der Waals surface area contributed by atoms with Crippen molar-refractivity contribution in [3.8, 4) is 0 Å². The Morgan fingerprint density at radius 1 is 1.11 bits per heavy atom. The van der Waals surface area contributed by atoms with Crippen LogP contribution in [-0.4, -0.2) is 47.2 Å². The highest BCUT2D eigenvalue weighted by molar-refractivity contribution is 6.43. The van der Waals surface area contributed by atoms with E-state index in [1.165, 1.54) is 0 Å². The van der Waals surface area contributed by atoms with Gasteiger partial charge in [-0.05, 0) is 68.9 Å². The first-order valence-corrected chi connectivity index (χ1v) is 13.6. The van der Waals surface area contributed by atoms with Gasteiger partial charge in [-0.1, -0.05) is 33.6 Å². The number of likely N-dealkylation sites (tertiary alicyclic amines) is 1. The lowest BCUT2D eigenvalue weighted by Crippen LogP contribution is -2.45. The molecule has 0 bridgehead atoms. The van der Waals surface area contributed by atoms with Gasteiger partial charge in [-0.3, -0.25) is 10.2 Å². The maximum absolute atomic E-state index is 15.4. The number of nitrogens with zero attached hydrogens (tertiary/aromatic N) is 4. The number of halogens is 1. The van der Waals surface area contributed by atoms with Crippen LogP contribution in [-0.2, 0) is 4.79 Å². The van der Waals surface area contributed by atoms with Crippen LogP contribution in [0.1, 0.15) is 71.8 Å². The number of amides is 1. The van der Waals surface area contributed by atoms with Crippen molar-refractivity contribution in [3.63, 3.8) is 0 Å². The number of hydrogen-bond donors (Lipinski definition) is 1. The molecule has 0 saturated carbocycles. The number of carbonyl (C=O) groups is 1. The van der Waals surface area contributed by atoms with Gasteiger partial charge in [0.1, 0.15) is 11.5 Å². The lowest BCUT2D eigenvalue weighted by atomic mass is 9.97. The molecule has 4 aliphatic rings. The van der Waals surface area contributed by atoms with Crippen molar-refractivity contribution in [2.75, 3.05) is 24.5 Å². The largest absolute Gasteiger partial charge is 0.371 e. The van der Waals surface area contributed by atoms with E-state index in [1.54, 1.807) is 6.07 Å².